The minimum Gasteiger partial charge on any atom is -0.372 e. The van der Waals surface area contributed by atoms with Gasteiger partial charge >= 0.3 is 0 Å². The summed E-state index contributed by atoms with van der Waals surface area (Å²) >= 11 is 0. The van der Waals surface area contributed by atoms with E-state index in [-0.39, 0.29) is 41.1 Å². The summed E-state index contributed by atoms with van der Waals surface area (Å²) < 4.78 is 0. The lowest BCUT2D eigenvalue weighted by atomic mass is 9.81. The van der Waals surface area contributed by atoms with E-state index >= 15 is 0 Å². The lowest BCUT2D eigenvalue weighted by molar-refractivity contribution is -0.383. The van der Waals surface area contributed by atoms with E-state index in [1.54, 1.807) is 12.1 Å². The van der Waals surface area contributed by atoms with Gasteiger partial charge in [0.1, 0.15) is 5.69 Å². The summed E-state index contributed by atoms with van der Waals surface area (Å²) in [4.78, 5) is 38.8. The molecule has 1 aliphatic heterocycles. The number of anilines is 2. The van der Waals surface area contributed by atoms with Crippen LogP contribution in [-0.4, -0.2) is 16.7 Å². The molecule has 7 nitrogen and oxygen atoms in total. The third kappa shape index (κ3) is 4.54. The second-order valence-electron chi connectivity index (χ2n) is 9.27. The number of amides is 2. The van der Waals surface area contributed by atoms with E-state index in [0.717, 1.165) is 28.9 Å². The van der Waals surface area contributed by atoms with Crippen molar-refractivity contribution in [2.75, 3.05) is 10.2 Å². The Morgan fingerprint density at radius 1 is 0.886 bits per heavy atom. The zero-order valence-electron chi connectivity index (χ0n) is 19.3. The highest BCUT2D eigenvalue weighted by molar-refractivity contribution is 6.22. The Bertz CT molecular complexity index is 1220. The Kier molecular flexibility index (Phi) is 6.31. The van der Waals surface area contributed by atoms with Crippen LogP contribution in [0.5, 0.6) is 0 Å². The summed E-state index contributed by atoms with van der Waals surface area (Å²) in [6, 6.07) is 24.1. The molecule has 1 N–H and O–H groups in total. The van der Waals surface area contributed by atoms with E-state index < -0.39 is 4.92 Å². The summed E-state index contributed by atoms with van der Waals surface area (Å²) in [5.74, 6) is -1.08. The van der Waals surface area contributed by atoms with Gasteiger partial charge in [0.15, 0.2) is 0 Å². The molecule has 3 aromatic carbocycles. The molecule has 1 aliphatic carbocycles. The number of hydrogen-bond acceptors (Lipinski definition) is 5. The monoisotopic (exact) mass is 469 g/mol. The molecule has 2 amide bonds. The third-order valence-corrected chi connectivity index (χ3v) is 7.09. The van der Waals surface area contributed by atoms with Crippen LogP contribution in [-0.2, 0) is 16.0 Å². The maximum absolute atomic E-state index is 13.0. The molecule has 1 heterocycles. The molecule has 3 aromatic rings. The quantitative estimate of drug-likeness (QED) is 0.273. The average Bonchev–Trinajstić information content (AvgIpc) is 3.15. The Balaban J connectivity index is 1.47. The maximum Gasteiger partial charge on any atom is 0.294 e. The lowest BCUT2D eigenvalue weighted by Crippen LogP contribution is -2.30. The first-order chi connectivity index (χ1) is 17.0. The van der Waals surface area contributed by atoms with Gasteiger partial charge in [-0.05, 0) is 42.5 Å². The number of hydrogen-bond donors (Lipinski definition) is 1. The molecule has 35 heavy (non-hydrogen) atoms. The molecule has 0 bridgehead atoms. The molecular weight excluding hydrogens is 442 g/mol. The van der Waals surface area contributed by atoms with Crippen molar-refractivity contribution in [3.05, 3.63) is 100 Å². The van der Waals surface area contributed by atoms with E-state index in [2.05, 4.69) is 5.32 Å². The Hall–Kier alpha value is -4.00. The van der Waals surface area contributed by atoms with E-state index in [4.69, 9.17) is 0 Å². The molecule has 5 rings (SSSR count). The molecule has 1 saturated carbocycles. The first kappa shape index (κ1) is 22.8. The van der Waals surface area contributed by atoms with E-state index in [1.807, 2.05) is 60.7 Å². The molecule has 0 aromatic heterocycles. The highest BCUT2D eigenvalue weighted by Gasteiger charge is 2.49. The number of nitrogens with one attached hydrogen (secondary N) is 1. The third-order valence-electron chi connectivity index (χ3n) is 7.09. The van der Waals surface area contributed by atoms with Crippen molar-refractivity contribution in [1.82, 2.24) is 0 Å². The molecule has 2 aliphatic rings. The Labute approximate surface area is 203 Å². The smallest absolute Gasteiger partial charge is 0.294 e. The van der Waals surface area contributed by atoms with Crippen molar-refractivity contribution in [2.24, 2.45) is 11.8 Å². The summed E-state index contributed by atoms with van der Waals surface area (Å²) in [5, 5.41) is 15.4. The number of imide groups is 1. The standard InChI is InChI=1S/C28H27N3O4/c32-27-22-13-7-8-14-23(22)28(33)30(27)21-15-16-24(26(18-21)31(34)35)29-25(20-11-5-2-6-12-20)17-19-9-3-1-4-10-19/h1-6,9-12,15-16,18,22-23,25,29H,7-8,13-14,17H2/t22-,23+,25-/m0/s1. The zero-order chi connectivity index (χ0) is 24.4. The van der Waals surface area contributed by atoms with Gasteiger partial charge in [-0.2, -0.15) is 0 Å². The Morgan fingerprint density at radius 3 is 2.09 bits per heavy atom. The van der Waals surface area contributed by atoms with Gasteiger partial charge < -0.3 is 5.32 Å². The SMILES string of the molecule is O=C1[C@H]2CCCC[C@H]2C(=O)N1c1ccc(N[C@@H](Cc2ccccc2)c2ccccc2)c([N+](=O)[O-])c1. The minimum absolute atomic E-state index is 0.160. The van der Waals surface area contributed by atoms with Crippen LogP contribution in [0.1, 0.15) is 42.9 Å². The fourth-order valence-corrected chi connectivity index (χ4v) is 5.32. The van der Waals surface area contributed by atoms with Crippen LogP contribution >= 0.6 is 0 Å². The molecule has 7 heteroatoms. The number of nitrogens with zero attached hydrogens (tertiary/aromatic N) is 2. The molecule has 1 saturated heterocycles. The van der Waals surface area contributed by atoms with Gasteiger partial charge in [-0.25, -0.2) is 4.90 Å². The lowest BCUT2D eigenvalue weighted by Gasteiger charge is -2.22. The number of rotatable bonds is 7. The van der Waals surface area contributed by atoms with Crippen LogP contribution in [0.4, 0.5) is 17.1 Å². The van der Waals surface area contributed by atoms with Gasteiger partial charge in [0, 0.05) is 6.07 Å². The highest BCUT2D eigenvalue weighted by Crippen LogP contribution is 2.42. The van der Waals surface area contributed by atoms with Crippen molar-refractivity contribution in [3.63, 3.8) is 0 Å². The number of nitro groups is 1. The van der Waals surface area contributed by atoms with Crippen molar-refractivity contribution in [2.45, 2.75) is 38.1 Å². The Morgan fingerprint density at radius 2 is 1.49 bits per heavy atom. The number of benzene rings is 3. The zero-order valence-corrected chi connectivity index (χ0v) is 19.3. The molecule has 0 unspecified atom stereocenters. The fourth-order valence-electron chi connectivity index (χ4n) is 5.32. The predicted molar refractivity (Wildman–Crippen MR) is 134 cm³/mol. The van der Waals surface area contributed by atoms with Crippen LogP contribution in [0.15, 0.2) is 78.9 Å². The maximum atomic E-state index is 13.0. The molecule has 0 spiro atoms. The minimum atomic E-state index is -0.464. The topological polar surface area (TPSA) is 92.6 Å². The molecule has 3 atom stereocenters. The number of fused-ring (bicyclic) bond motifs is 1. The second-order valence-corrected chi connectivity index (χ2v) is 9.27. The largest absolute Gasteiger partial charge is 0.372 e. The molecule has 178 valence electrons. The van der Waals surface area contributed by atoms with E-state index in [0.29, 0.717) is 24.9 Å². The van der Waals surface area contributed by atoms with Gasteiger partial charge in [0.05, 0.1) is 28.5 Å². The highest BCUT2D eigenvalue weighted by atomic mass is 16.6. The van der Waals surface area contributed by atoms with E-state index in [9.17, 15) is 19.7 Å². The normalized spacial score (nSPS) is 20.4. The first-order valence-electron chi connectivity index (χ1n) is 12.0. The molecular formula is C28H27N3O4. The summed E-state index contributed by atoms with van der Waals surface area (Å²) in [5.41, 5.74) is 2.56. The van der Waals surface area contributed by atoms with Crippen LogP contribution in [0.3, 0.4) is 0 Å². The van der Waals surface area contributed by atoms with Gasteiger partial charge in [-0.3, -0.25) is 19.7 Å². The summed E-state index contributed by atoms with van der Waals surface area (Å²) in [6.45, 7) is 0. The van der Waals surface area contributed by atoms with Crippen LogP contribution in [0, 0.1) is 22.0 Å². The van der Waals surface area contributed by atoms with Crippen LogP contribution in [0.25, 0.3) is 0 Å². The van der Waals surface area contributed by atoms with Crippen molar-refractivity contribution < 1.29 is 14.5 Å². The van der Waals surface area contributed by atoms with Crippen LogP contribution in [0.2, 0.25) is 0 Å². The molecule has 0 radical (unpaired) electrons. The van der Waals surface area contributed by atoms with Gasteiger partial charge in [-0.15, -0.1) is 0 Å². The molecule has 2 fully saturated rings. The van der Waals surface area contributed by atoms with Crippen LogP contribution < -0.4 is 10.2 Å². The summed E-state index contributed by atoms with van der Waals surface area (Å²) in [7, 11) is 0. The van der Waals surface area contributed by atoms with Crippen molar-refractivity contribution in [1.29, 1.82) is 0 Å². The average molecular weight is 470 g/mol. The number of nitro benzene ring substituents is 1. The predicted octanol–water partition coefficient (Wildman–Crippen LogP) is 5.67. The van der Waals surface area contributed by atoms with Gasteiger partial charge in [0.25, 0.3) is 5.69 Å². The van der Waals surface area contributed by atoms with Gasteiger partial charge in [-0.1, -0.05) is 73.5 Å². The second kappa shape index (κ2) is 9.70. The van der Waals surface area contributed by atoms with E-state index in [1.165, 1.54) is 6.07 Å². The summed E-state index contributed by atoms with van der Waals surface area (Å²) in [6.07, 6.45) is 3.90. The fraction of sp³-hybridized carbons (Fsp3) is 0.286. The van der Waals surface area contributed by atoms with Gasteiger partial charge in [0.2, 0.25) is 11.8 Å². The number of carbonyl (C=O) groups is 2. The number of carbonyl (C=O) groups excluding carboxylic acids is 2. The van der Waals surface area contributed by atoms with Crippen molar-refractivity contribution in [3.8, 4) is 0 Å². The van der Waals surface area contributed by atoms with Crippen molar-refractivity contribution >= 4 is 28.9 Å². The first-order valence-corrected chi connectivity index (χ1v) is 12.0.